The first-order valence-corrected chi connectivity index (χ1v) is 7.69. The zero-order valence-electron chi connectivity index (χ0n) is 13.5. The molecule has 5 heteroatoms. The number of carboxylic acids is 1. The van der Waals surface area contributed by atoms with E-state index in [0.29, 0.717) is 19.0 Å². The number of ether oxygens (including phenoxy) is 1. The van der Waals surface area contributed by atoms with Crippen LogP contribution in [-0.4, -0.2) is 59.4 Å². The third-order valence-electron chi connectivity index (χ3n) is 4.29. The number of morpholine rings is 1. The van der Waals surface area contributed by atoms with Gasteiger partial charge >= 0.3 is 5.97 Å². The highest BCUT2D eigenvalue weighted by Crippen LogP contribution is 2.23. The van der Waals surface area contributed by atoms with Crippen molar-refractivity contribution < 1.29 is 14.6 Å². The number of hydrogen-bond acceptors (Lipinski definition) is 4. The normalized spacial score (nSPS) is 28.9. The van der Waals surface area contributed by atoms with Gasteiger partial charge in [0.05, 0.1) is 12.7 Å². The minimum absolute atomic E-state index is 0.214. The molecule has 1 fully saturated rings. The molecule has 4 atom stereocenters. The summed E-state index contributed by atoms with van der Waals surface area (Å²) < 4.78 is 5.71. The highest BCUT2D eigenvalue weighted by atomic mass is 16.5. The average molecular weight is 286 g/mol. The molecule has 1 heterocycles. The van der Waals surface area contributed by atoms with Crippen molar-refractivity contribution in [1.82, 2.24) is 10.2 Å². The molecule has 2 N–H and O–H groups in total. The molecule has 0 radical (unpaired) electrons. The molecule has 1 aliphatic rings. The van der Waals surface area contributed by atoms with Crippen molar-refractivity contribution in [1.29, 1.82) is 0 Å². The number of aliphatic carboxylic acids is 1. The number of likely N-dealkylation sites (N-methyl/N-ethyl adjacent to an activating group) is 1. The first-order valence-electron chi connectivity index (χ1n) is 7.69. The molecule has 0 spiro atoms. The summed E-state index contributed by atoms with van der Waals surface area (Å²) in [5.74, 6) is -0.777. The van der Waals surface area contributed by atoms with Gasteiger partial charge in [0.1, 0.15) is 5.54 Å². The van der Waals surface area contributed by atoms with Gasteiger partial charge in [0.2, 0.25) is 0 Å². The molecule has 1 rings (SSSR count). The van der Waals surface area contributed by atoms with Crippen LogP contribution in [0.1, 0.15) is 47.5 Å². The van der Waals surface area contributed by atoms with Crippen LogP contribution in [0, 0.1) is 0 Å². The molecule has 0 aliphatic carbocycles. The summed E-state index contributed by atoms with van der Waals surface area (Å²) in [7, 11) is 0. The van der Waals surface area contributed by atoms with Crippen LogP contribution in [0.2, 0.25) is 0 Å². The lowest BCUT2D eigenvalue weighted by Gasteiger charge is -2.44. The average Bonchev–Trinajstić information content (AvgIpc) is 2.38. The Labute approximate surface area is 122 Å². The fourth-order valence-corrected chi connectivity index (χ4v) is 3.10. The Hall–Kier alpha value is -0.650. The fraction of sp³-hybridized carbons (Fsp3) is 0.933. The van der Waals surface area contributed by atoms with Crippen molar-refractivity contribution in [2.75, 3.05) is 19.7 Å². The van der Waals surface area contributed by atoms with Gasteiger partial charge in [-0.25, -0.2) is 0 Å². The lowest BCUT2D eigenvalue weighted by Crippen LogP contribution is -2.57. The third-order valence-corrected chi connectivity index (χ3v) is 4.29. The SMILES string of the molecule is CCNC(C)(CC(C)N1CC(C)OCC1CC)C(=O)O. The predicted octanol–water partition coefficient (Wildman–Crippen LogP) is 1.72. The van der Waals surface area contributed by atoms with E-state index in [9.17, 15) is 9.90 Å². The second-order valence-electron chi connectivity index (χ2n) is 6.12. The fourth-order valence-electron chi connectivity index (χ4n) is 3.10. The van der Waals surface area contributed by atoms with Crippen molar-refractivity contribution in [3.8, 4) is 0 Å². The van der Waals surface area contributed by atoms with Crippen LogP contribution in [0.25, 0.3) is 0 Å². The molecule has 0 bridgehead atoms. The molecule has 118 valence electrons. The maximum absolute atomic E-state index is 11.5. The molecular weight excluding hydrogens is 256 g/mol. The van der Waals surface area contributed by atoms with Crippen LogP contribution in [0.5, 0.6) is 0 Å². The van der Waals surface area contributed by atoms with Gasteiger partial charge in [0.25, 0.3) is 0 Å². The Kier molecular flexibility index (Phi) is 6.43. The summed E-state index contributed by atoms with van der Waals surface area (Å²) in [5, 5.41) is 12.6. The van der Waals surface area contributed by atoms with Crippen LogP contribution in [0.3, 0.4) is 0 Å². The molecule has 0 aromatic heterocycles. The summed E-state index contributed by atoms with van der Waals surface area (Å²) in [5.41, 5.74) is -0.867. The van der Waals surface area contributed by atoms with E-state index in [1.54, 1.807) is 6.92 Å². The third kappa shape index (κ3) is 4.17. The van der Waals surface area contributed by atoms with Crippen molar-refractivity contribution in [3.63, 3.8) is 0 Å². The van der Waals surface area contributed by atoms with Gasteiger partial charge in [-0.3, -0.25) is 9.69 Å². The van der Waals surface area contributed by atoms with Gasteiger partial charge in [0, 0.05) is 18.6 Å². The Morgan fingerprint density at radius 2 is 2.20 bits per heavy atom. The van der Waals surface area contributed by atoms with E-state index in [0.717, 1.165) is 19.6 Å². The topological polar surface area (TPSA) is 61.8 Å². The summed E-state index contributed by atoms with van der Waals surface area (Å²) >= 11 is 0. The molecule has 0 saturated carbocycles. The molecule has 1 saturated heterocycles. The number of hydrogen-bond donors (Lipinski definition) is 2. The minimum atomic E-state index is -0.867. The van der Waals surface area contributed by atoms with E-state index in [1.807, 2.05) is 6.92 Å². The number of rotatable bonds is 7. The van der Waals surface area contributed by atoms with Gasteiger partial charge in [-0.05, 0) is 40.2 Å². The summed E-state index contributed by atoms with van der Waals surface area (Å²) in [6.07, 6.45) is 1.84. The van der Waals surface area contributed by atoms with Gasteiger partial charge < -0.3 is 15.2 Å². The monoisotopic (exact) mass is 286 g/mol. The quantitative estimate of drug-likeness (QED) is 0.746. The van der Waals surface area contributed by atoms with Crippen LogP contribution in [0.4, 0.5) is 0 Å². The highest BCUT2D eigenvalue weighted by Gasteiger charge is 2.38. The van der Waals surface area contributed by atoms with Crippen molar-refractivity contribution in [2.24, 2.45) is 0 Å². The van der Waals surface area contributed by atoms with Crippen LogP contribution in [0.15, 0.2) is 0 Å². The highest BCUT2D eigenvalue weighted by molar-refractivity contribution is 5.78. The van der Waals surface area contributed by atoms with E-state index in [2.05, 4.69) is 31.0 Å². The van der Waals surface area contributed by atoms with Gasteiger partial charge in [-0.15, -0.1) is 0 Å². The maximum Gasteiger partial charge on any atom is 0.323 e. The second kappa shape index (κ2) is 7.38. The van der Waals surface area contributed by atoms with Crippen molar-refractivity contribution in [3.05, 3.63) is 0 Å². The maximum atomic E-state index is 11.5. The molecule has 0 aromatic rings. The Balaban J connectivity index is 2.75. The van der Waals surface area contributed by atoms with E-state index < -0.39 is 11.5 Å². The summed E-state index contributed by atoms with van der Waals surface area (Å²) in [6.45, 7) is 12.4. The van der Waals surface area contributed by atoms with Crippen LogP contribution >= 0.6 is 0 Å². The van der Waals surface area contributed by atoms with Gasteiger partial charge in [0.15, 0.2) is 0 Å². The van der Waals surface area contributed by atoms with Crippen LogP contribution in [-0.2, 0) is 9.53 Å². The van der Waals surface area contributed by atoms with Crippen molar-refractivity contribution in [2.45, 2.75) is 71.2 Å². The summed E-state index contributed by atoms with van der Waals surface area (Å²) in [6, 6.07) is 0.604. The Bertz CT molecular complexity index is 324. The lowest BCUT2D eigenvalue weighted by atomic mass is 9.91. The standard InChI is InChI=1S/C15H30N2O3/c1-6-13-10-20-12(4)9-17(13)11(3)8-15(5,14(18)19)16-7-2/h11-13,16H,6-10H2,1-5H3,(H,18,19). The lowest BCUT2D eigenvalue weighted by molar-refractivity contribution is -0.145. The first kappa shape index (κ1) is 17.4. The molecule has 0 amide bonds. The minimum Gasteiger partial charge on any atom is -0.480 e. The van der Waals surface area contributed by atoms with Crippen molar-refractivity contribution >= 4 is 5.97 Å². The van der Waals surface area contributed by atoms with Gasteiger partial charge in [-0.2, -0.15) is 0 Å². The van der Waals surface area contributed by atoms with E-state index in [4.69, 9.17) is 4.74 Å². The van der Waals surface area contributed by atoms with Gasteiger partial charge in [-0.1, -0.05) is 13.8 Å². The van der Waals surface area contributed by atoms with Crippen LogP contribution < -0.4 is 5.32 Å². The zero-order chi connectivity index (χ0) is 15.3. The number of nitrogens with zero attached hydrogens (tertiary/aromatic N) is 1. The molecule has 20 heavy (non-hydrogen) atoms. The predicted molar refractivity (Wildman–Crippen MR) is 80.0 cm³/mol. The first-order chi connectivity index (χ1) is 9.34. The number of carboxylic acid groups (broad SMARTS) is 1. The van der Waals surface area contributed by atoms with E-state index in [1.165, 1.54) is 0 Å². The largest absolute Gasteiger partial charge is 0.480 e. The van der Waals surface area contributed by atoms with E-state index in [-0.39, 0.29) is 12.1 Å². The molecular formula is C15H30N2O3. The summed E-state index contributed by atoms with van der Waals surface area (Å²) in [4.78, 5) is 13.9. The Morgan fingerprint density at radius 3 is 2.70 bits per heavy atom. The molecule has 1 aliphatic heterocycles. The second-order valence-corrected chi connectivity index (χ2v) is 6.12. The number of carbonyl (C=O) groups is 1. The molecule has 0 aromatic carbocycles. The molecule has 4 unspecified atom stereocenters. The van der Waals surface area contributed by atoms with E-state index >= 15 is 0 Å². The number of nitrogens with one attached hydrogen (secondary N) is 1. The smallest absolute Gasteiger partial charge is 0.323 e. The molecule has 5 nitrogen and oxygen atoms in total. The zero-order valence-corrected chi connectivity index (χ0v) is 13.5. The Morgan fingerprint density at radius 1 is 1.55 bits per heavy atom.